The number of aryl methyl sites for hydroxylation is 1. The molecule has 1 fully saturated rings. The number of hydrogen-bond donors (Lipinski definition) is 1. The predicted molar refractivity (Wildman–Crippen MR) is 125 cm³/mol. The molecule has 3 aromatic rings. The van der Waals surface area contributed by atoms with Crippen LogP contribution in [0, 0.1) is 0 Å². The van der Waals surface area contributed by atoms with Gasteiger partial charge in [-0.25, -0.2) is 4.79 Å². The summed E-state index contributed by atoms with van der Waals surface area (Å²) in [6.45, 7) is 2.15. The van der Waals surface area contributed by atoms with E-state index in [2.05, 4.69) is 19.1 Å². The number of carboxylic acid groups (broad SMARTS) is 1. The first kappa shape index (κ1) is 20.6. The maximum Gasteiger partial charge on any atom is 0.335 e. The zero-order valence-corrected chi connectivity index (χ0v) is 18.4. The first-order valence-electron chi connectivity index (χ1n) is 9.26. The molecule has 0 unspecified atom stereocenters. The van der Waals surface area contributed by atoms with E-state index >= 15 is 0 Å². The Labute approximate surface area is 187 Å². The van der Waals surface area contributed by atoms with Gasteiger partial charge in [-0.05, 0) is 55.0 Å². The number of rotatable bonds is 6. The molecule has 1 aromatic carbocycles. The molecule has 1 N–H and O–H groups in total. The summed E-state index contributed by atoms with van der Waals surface area (Å²) in [6, 6.07) is 14.0. The number of hydrogen-bond acceptors (Lipinski definition) is 6. The van der Waals surface area contributed by atoms with Crippen molar-refractivity contribution >= 4 is 63.3 Å². The molecule has 0 atom stereocenters. The molecule has 1 amide bonds. The second kappa shape index (κ2) is 8.59. The highest BCUT2D eigenvalue weighted by atomic mass is 32.2. The largest absolute Gasteiger partial charge is 0.478 e. The van der Waals surface area contributed by atoms with E-state index in [1.165, 1.54) is 33.7 Å². The molecular formula is C22H17NO4S3. The maximum absolute atomic E-state index is 12.9. The Balaban J connectivity index is 1.54. The average molecular weight is 456 g/mol. The topological polar surface area (TPSA) is 70.8 Å². The number of thiocarbonyl (C=S) groups is 1. The van der Waals surface area contributed by atoms with E-state index in [9.17, 15) is 9.59 Å². The van der Waals surface area contributed by atoms with Crippen molar-refractivity contribution in [2.75, 3.05) is 4.90 Å². The molecule has 4 rings (SSSR count). The number of nitrogens with zero attached hydrogens (tertiary/aromatic N) is 1. The normalized spacial score (nSPS) is 15.4. The van der Waals surface area contributed by atoms with Crippen molar-refractivity contribution in [3.05, 3.63) is 69.6 Å². The Morgan fingerprint density at radius 1 is 1.17 bits per heavy atom. The molecular weight excluding hydrogens is 438 g/mol. The summed E-state index contributed by atoms with van der Waals surface area (Å²) in [4.78, 5) is 28.2. The second-order valence-corrected chi connectivity index (χ2v) is 9.43. The van der Waals surface area contributed by atoms with Gasteiger partial charge in [-0.15, -0.1) is 11.3 Å². The van der Waals surface area contributed by atoms with Gasteiger partial charge in [0.25, 0.3) is 5.91 Å². The second-order valence-electron chi connectivity index (χ2n) is 6.59. The number of thioether (sulfide) groups is 1. The van der Waals surface area contributed by atoms with E-state index < -0.39 is 5.97 Å². The summed E-state index contributed by atoms with van der Waals surface area (Å²) in [5.74, 6) is 0.0749. The van der Waals surface area contributed by atoms with Crippen molar-refractivity contribution in [1.29, 1.82) is 0 Å². The van der Waals surface area contributed by atoms with E-state index in [-0.39, 0.29) is 11.5 Å². The van der Waals surface area contributed by atoms with Crippen LogP contribution in [-0.4, -0.2) is 21.3 Å². The minimum absolute atomic E-state index is 0.151. The van der Waals surface area contributed by atoms with Crippen LogP contribution in [0.1, 0.15) is 34.3 Å². The summed E-state index contributed by atoms with van der Waals surface area (Å²) >= 11 is 8.27. The molecule has 0 saturated carbocycles. The third kappa shape index (κ3) is 4.12. The van der Waals surface area contributed by atoms with Gasteiger partial charge in [-0.2, -0.15) is 0 Å². The lowest BCUT2D eigenvalue weighted by molar-refractivity contribution is -0.113. The Morgan fingerprint density at radius 3 is 2.63 bits per heavy atom. The molecule has 1 saturated heterocycles. The maximum atomic E-state index is 12.9. The van der Waals surface area contributed by atoms with Crippen LogP contribution >= 0.6 is 35.3 Å². The first-order chi connectivity index (χ1) is 14.5. The van der Waals surface area contributed by atoms with Gasteiger partial charge in [0.2, 0.25) is 0 Å². The molecule has 0 spiro atoms. The molecule has 5 nitrogen and oxygen atoms in total. The summed E-state index contributed by atoms with van der Waals surface area (Å²) in [5, 5.41) is 9.03. The molecule has 1 aliphatic rings. The quantitative estimate of drug-likeness (QED) is 0.360. The van der Waals surface area contributed by atoms with Gasteiger partial charge < -0.3 is 9.52 Å². The van der Waals surface area contributed by atoms with Crippen LogP contribution in [-0.2, 0) is 11.2 Å². The van der Waals surface area contributed by atoms with Crippen molar-refractivity contribution in [1.82, 2.24) is 0 Å². The number of anilines is 1. The lowest BCUT2D eigenvalue weighted by Crippen LogP contribution is -2.27. The van der Waals surface area contributed by atoms with Crippen LogP contribution in [0.25, 0.3) is 16.7 Å². The van der Waals surface area contributed by atoms with Crippen molar-refractivity contribution in [2.24, 2.45) is 0 Å². The fraction of sp³-hybridized carbons (Fsp3) is 0.136. The zero-order chi connectivity index (χ0) is 21.3. The van der Waals surface area contributed by atoms with Gasteiger partial charge in [-0.1, -0.05) is 37.3 Å². The third-order valence-corrected chi connectivity index (χ3v) is 6.93. The van der Waals surface area contributed by atoms with Crippen LogP contribution in [0.4, 0.5) is 5.69 Å². The first-order valence-corrected chi connectivity index (χ1v) is 11.3. The monoisotopic (exact) mass is 455 g/mol. The zero-order valence-electron chi connectivity index (χ0n) is 16.0. The Bertz CT molecular complexity index is 1160. The number of benzene rings is 1. The average Bonchev–Trinajstić information content (AvgIpc) is 3.43. The highest BCUT2D eigenvalue weighted by molar-refractivity contribution is 8.27. The van der Waals surface area contributed by atoms with Gasteiger partial charge >= 0.3 is 5.97 Å². The van der Waals surface area contributed by atoms with E-state index in [1.807, 2.05) is 12.1 Å². The minimum atomic E-state index is -1.02. The van der Waals surface area contributed by atoms with Crippen LogP contribution in [0.3, 0.4) is 0 Å². The van der Waals surface area contributed by atoms with Crippen molar-refractivity contribution < 1.29 is 19.1 Å². The number of carboxylic acids is 1. The van der Waals surface area contributed by atoms with Gasteiger partial charge in [0, 0.05) is 11.0 Å². The SMILES string of the molecule is CCCc1ccc(-c2ccc(C=C3SC(=S)N(c4ccc(C(=O)O)cc4)C3=O)o2)s1. The van der Waals surface area contributed by atoms with Crippen LogP contribution in [0.15, 0.2) is 57.9 Å². The van der Waals surface area contributed by atoms with Crippen molar-refractivity contribution in [3.8, 4) is 10.6 Å². The number of furan rings is 1. The smallest absolute Gasteiger partial charge is 0.335 e. The van der Waals surface area contributed by atoms with E-state index in [4.69, 9.17) is 21.7 Å². The highest BCUT2D eigenvalue weighted by Crippen LogP contribution is 2.37. The lowest BCUT2D eigenvalue weighted by atomic mass is 10.2. The van der Waals surface area contributed by atoms with Crippen LogP contribution in [0.5, 0.6) is 0 Å². The number of aromatic carboxylic acids is 1. The van der Waals surface area contributed by atoms with E-state index in [0.717, 1.165) is 23.5 Å². The summed E-state index contributed by atoms with van der Waals surface area (Å²) in [5.41, 5.74) is 0.687. The summed E-state index contributed by atoms with van der Waals surface area (Å²) < 4.78 is 6.32. The van der Waals surface area contributed by atoms with Crippen molar-refractivity contribution in [2.45, 2.75) is 19.8 Å². The number of amides is 1. The Kier molecular flexibility index (Phi) is 5.90. The fourth-order valence-corrected chi connectivity index (χ4v) is 5.38. The standard InChI is InChI=1S/C22H17NO4S3/c1-2-3-16-9-11-18(29-16)17-10-8-15(27-17)12-19-20(24)23(22(28)30-19)14-6-4-13(5-7-14)21(25)26/h4-12H,2-3H2,1H3,(H,25,26). The lowest BCUT2D eigenvalue weighted by Gasteiger charge is -2.14. The summed E-state index contributed by atoms with van der Waals surface area (Å²) in [6.07, 6.45) is 3.84. The van der Waals surface area contributed by atoms with Crippen LogP contribution in [0.2, 0.25) is 0 Å². The highest BCUT2D eigenvalue weighted by Gasteiger charge is 2.33. The molecule has 152 valence electrons. The molecule has 0 aliphatic carbocycles. The Hall–Kier alpha value is -2.68. The Morgan fingerprint density at radius 2 is 1.93 bits per heavy atom. The van der Waals surface area contributed by atoms with Gasteiger partial charge in [0.15, 0.2) is 4.32 Å². The number of carbonyl (C=O) groups excluding carboxylic acids is 1. The molecule has 2 aromatic heterocycles. The predicted octanol–water partition coefficient (Wildman–Crippen LogP) is 6.06. The molecule has 30 heavy (non-hydrogen) atoms. The molecule has 8 heteroatoms. The van der Waals surface area contributed by atoms with Crippen molar-refractivity contribution in [3.63, 3.8) is 0 Å². The molecule has 1 aliphatic heterocycles. The molecule has 0 bridgehead atoms. The third-order valence-electron chi connectivity index (χ3n) is 4.47. The van der Waals surface area contributed by atoms with E-state index in [1.54, 1.807) is 29.5 Å². The fourth-order valence-electron chi connectivity index (χ4n) is 3.03. The van der Waals surface area contributed by atoms with Crippen LogP contribution < -0.4 is 4.90 Å². The minimum Gasteiger partial charge on any atom is -0.478 e. The number of carbonyl (C=O) groups is 2. The van der Waals surface area contributed by atoms with Gasteiger partial charge in [0.05, 0.1) is 21.0 Å². The summed E-state index contributed by atoms with van der Waals surface area (Å²) in [7, 11) is 0. The molecule has 0 radical (unpaired) electrons. The number of thiophene rings is 1. The van der Waals surface area contributed by atoms with Gasteiger partial charge in [0.1, 0.15) is 11.5 Å². The van der Waals surface area contributed by atoms with Gasteiger partial charge in [-0.3, -0.25) is 9.69 Å². The molecule has 3 heterocycles. The van der Waals surface area contributed by atoms with E-state index in [0.29, 0.717) is 20.7 Å².